The maximum atomic E-state index is 12.5. The van der Waals surface area contributed by atoms with E-state index in [2.05, 4.69) is 69.4 Å². The lowest BCUT2D eigenvalue weighted by Gasteiger charge is -2.36. The van der Waals surface area contributed by atoms with Crippen LogP contribution in [0.5, 0.6) is 11.5 Å². The number of carbonyl (C=O) groups is 1. The van der Waals surface area contributed by atoms with Crippen LogP contribution < -0.4 is 25.6 Å². The van der Waals surface area contributed by atoms with Gasteiger partial charge in [-0.2, -0.15) is 5.10 Å². The van der Waals surface area contributed by atoms with Crippen molar-refractivity contribution in [1.82, 2.24) is 20.8 Å². The summed E-state index contributed by atoms with van der Waals surface area (Å²) in [5.41, 5.74) is 11.5. The van der Waals surface area contributed by atoms with E-state index in [1.54, 1.807) is 12.1 Å². The normalized spacial score (nSPS) is 23.9. The number of hydrogen-bond acceptors (Lipinski definition) is 9. The summed E-state index contributed by atoms with van der Waals surface area (Å²) in [6, 6.07) is 12.5. The number of hydrazine groups is 1. The van der Waals surface area contributed by atoms with Gasteiger partial charge in [-0.15, -0.1) is 0 Å². The van der Waals surface area contributed by atoms with E-state index in [9.17, 15) is 4.79 Å². The average Bonchev–Trinajstić information content (AvgIpc) is 3.56. The van der Waals surface area contributed by atoms with E-state index in [0.29, 0.717) is 17.2 Å². The maximum Gasteiger partial charge on any atom is 0.234 e. The molecule has 0 radical (unpaired) electrons. The molecule has 2 aromatic carbocycles. The summed E-state index contributed by atoms with van der Waals surface area (Å²) in [6.45, 7) is 4.50. The zero-order valence-electron chi connectivity index (χ0n) is 18.9. The molecule has 9 nitrogen and oxygen atoms in total. The Kier molecular flexibility index (Phi) is 5.26. The molecule has 3 atom stereocenters. The second-order valence-corrected chi connectivity index (χ2v) is 9.77. The maximum absolute atomic E-state index is 12.5. The number of fused-ring (bicyclic) bond motifs is 4. The first-order valence-electron chi connectivity index (χ1n) is 11.3. The third-order valence-electron chi connectivity index (χ3n) is 6.50. The van der Waals surface area contributed by atoms with Crippen molar-refractivity contribution in [3.05, 3.63) is 65.5 Å². The van der Waals surface area contributed by atoms with Gasteiger partial charge >= 0.3 is 0 Å². The fourth-order valence-electron chi connectivity index (χ4n) is 4.79. The number of rotatable bonds is 4. The number of carbonyl (C=O) groups excluding carboxylic acids is 1. The van der Waals surface area contributed by atoms with E-state index in [4.69, 9.17) is 9.47 Å². The topological polar surface area (TPSA) is 90.5 Å². The fourth-order valence-corrected chi connectivity index (χ4v) is 5.56. The number of anilines is 1. The van der Waals surface area contributed by atoms with Crippen LogP contribution in [-0.2, 0) is 4.79 Å². The quantitative estimate of drug-likeness (QED) is 0.618. The summed E-state index contributed by atoms with van der Waals surface area (Å²) in [6.07, 6.45) is 5.05. The van der Waals surface area contributed by atoms with E-state index >= 15 is 0 Å². The van der Waals surface area contributed by atoms with E-state index in [1.807, 2.05) is 12.3 Å². The number of nitrogens with one attached hydrogen (secondary N) is 3. The number of hydrogen-bond donors (Lipinski definition) is 3. The molecule has 3 unspecified atom stereocenters. The number of benzene rings is 2. The van der Waals surface area contributed by atoms with Gasteiger partial charge in [0.1, 0.15) is 6.17 Å². The van der Waals surface area contributed by atoms with Crippen molar-refractivity contribution in [2.75, 3.05) is 17.9 Å². The monoisotopic (exact) mass is 478 g/mol. The lowest BCUT2D eigenvalue weighted by atomic mass is 9.95. The minimum absolute atomic E-state index is 0.0204. The van der Waals surface area contributed by atoms with Crippen LogP contribution in [0.1, 0.15) is 29.2 Å². The Balaban J connectivity index is 1.07. The van der Waals surface area contributed by atoms with Gasteiger partial charge in [0.25, 0.3) is 0 Å². The minimum atomic E-state index is -0.102. The summed E-state index contributed by atoms with van der Waals surface area (Å²) in [5, 5.41) is 10.4. The van der Waals surface area contributed by atoms with Crippen LogP contribution in [0, 0.1) is 13.8 Å². The Morgan fingerprint density at radius 1 is 1.18 bits per heavy atom. The number of ether oxygens (including phenoxy) is 2. The highest BCUT2D eigenvalue weighted by Crippen LogP contribution is 2.37. The van der Waals surface area contributed by atoms with Crippen LogP contribution in [0.25, 0.3) is 0 Å². The number of aryl methyl sites for hydroxylation is 2. The Labute approximate surface area is 202 Å². The van der Waals surface area contributed by atoms with E-state index in [0.717, 1.165) is 11.6 Å². The second kappa shape index (κ2) is 8.44. The van der Waals surface area contributed by atoms with Crippen molar-refractivity contribution in [2.45, 2.75) is 38.5 Å². The molecule has 4 aliphatic rings. The van der Waals surface area contributed by atoms with E-state index in [1.165, 1.54) is 28.5 Å². The molecule has 0 saturated carbocycles. The average molecular weight is 479 g/mol. The summed E-state index contributed by atoms with van der Waals surface area (Å²) < 4.78 is 10.7. The van der Waals surface area contributed by atoms with Crippen molar-refractivity contribution in [3.63, 3.8) is 0 Å². The standard InChI is InChI=1S/C24H26N6O3S/c1-14-3-4-15(2)17(9-14)18-11-19-23-26-27-24(29(23)7-8-30(19)28-18)34-12-22(31)25-16-5-6-20-21(10-16)33-13-32-20/h3-10,18-19,23,26,28H,11-13H2,1-2H3,(H,25,31). The van der Waals surface area contributed by atoms with Crippen LogP contribution in [0.2, 0.25) is 0 Å². The largest absolute Gasteiger partial charge is 0.454 e. The number of amides is 1. The van der Waals surface area contributed by atoms with Gasteiger partial charge in [0, 0.05) is 24.2 Å². The highest BCUT2D eigenvalue weighted by atomic mass is 32.2. The Morgan fingerprint density at radius 2 is 2.06 bits per heavy atom. The number of amidine groups is 1. The molecule has 4 aliphatic heterocycles. The van der Waals surface area contributed by atoms with Gasteiger partial charge in [-0.3, -0.25) is 10.2 Å². The van der Waals surface area contributed by atoms with Crippen molar-refractivity contribution in [3.8, 4) is 11.5 Å². The number of thioether (sulfide) groups is 1. The summed E-state index contributed by atoms with van der Waals surface area (Å²) >= 11 is 1.41. The van der Waals surface area contributed by atoms with Crippen molar-refractivity contribution in [2.24, 2.45) is 5.10 Å². The lowest BCUT2D eigenvalue weighted by Crippen LogP contribution is -2.54. The molecule has 0 spiro atoms. The molecular formula is C24H26N6O3S. The van der Waals surface area contributed by atoms with Gasteiger partial charge < -0.3 is 24.7 Å². The minimum Gasteiger partial charge on any atom is -0.454 e. The van der Waals surface area contributed by atoms with Gasteiger partial charge in [0.15, 0.2) is 16.7 Å². The zero-order valence-corrected chi connectivity index (χ0v) is 19.8. The number of nitrogens with zero attached hydrogens (tertiary/aromatic N) is 3. The second-order valence-electron chi connectivity index (χ2n) is 8.83. The molecule has 0 bridgehead atoms. The van der Waals surface area contributed by atoms with Crippen LogP contribution in [0.15, 0.2) is 53.9 Å². The third-order valence-corrected chi connectivity index (χ3v) is 7.47. The molecule has 1 fully saturated rings. The van der Waals surface area contributed by atoms with Crippen LogP contribution in [0.4, 0.5) is 5.69 Å². The van der Waals surface area contributed by atoms with Gasteiger partial charge in [-0.1, -0.05) is 35.5 Å². The molecule has 1 saturated heterocycles. The molecule has 1 amide bonds. The van der Waals surface area contributed by atoms with Crippen LogP contribution in [-0.4, -0.2) is 45.7 Å². The van der Waals surface area contributed by atoms with Gasteiger partial charge in [-0.25, -0.2) is 5.43 Å². The van der Waals surface area contributed by atoms with Crippen molar-refractivity contribution < 1.29 is 14.3 Å². The molecule has 0 aromatic heterocycles. The molecule has 10 heteroatoms. The highest BCUT2D eigenvalue weighted by molar-refractivity contribution is 8.14. The first-order chi connectivity index (χ1) is 16.5. The van der Waals surface area contributed by atoms with E-state index in [-0.39, 0.29) is 36.7 Å². The van der Waals surface area contributed by atoms with Gasteiger partial charge in [-0.05, 0) is 43.5 Å². The Morgan fingerprint density at radius 3 is 2.97 bits per heavy atom. The third kappa shape index (κ3) is 3.82. The SMILES string of the molecule is Cc1ccc(C)c(C2CC3C4NN=C(SCC(=O)Nc5ccc6c(c5)OCO6)N4C=CN3N2)c1. The molecule has 4 heterocycles. The molecule has 6 rings (SSSR count). The van der Waals surface area contributed by atoms with Gasteiger partial charge in [0.2, 0.25) is 12.7 Å². The summed E-state index contributed by atoms with van der Waals surface area (Å²) in [4.78, 5) is 14.7. The molecule has 176 valence electrons. The first kappa shape index (κ1) is 21.2. The molecular weight excluding hydrogens is 452 g/mol. The molecule has 34 heavy (non-hydrogen) atoms. The summed E-state index contributed by atoms with van der Waals surface area (Å²) in [7, 11) is 0. The predicted octanol–water partition coefficient (Wildman–Crippen LogP) is 3.01. The zero-order chi connectivity index (χ0) is 23.2. The lowest BCUT2D eigenvalue weighted by molar-refractivity contribution is -0.113. The van der Waals surface area contributed by atoms with E-state index < -0.39 is 0 Å². The van der Waals surface area contributed by atoms with Crippen molar-refractivity contribution in [1.29, 1.82) is 0 Å². The Hall–Kier alpha value is -3.37. The van der Waals surface area contributed by atoms with Crippen LogP contribution >= 0.6 is 11.8 Å². The highest BCUT2D eigenvalue weighted by Gasteiger charge is 2.44. The molecule has 0 aliphatic carbocycles. The Bertz CT molecular complexity index is 1200. The predicted molar refractivity (Wildman–Crippen MR) is 131 cm³/mol. The van der Waals surface area contributed by atoms with Gasteiger partial charge in [0.05, 0.1) is 17.8 Å². The van der Waals surface area contributed by atoms with Crippen LogP contribution in [0.3, 0.4) is 0 Å². The first-order valence-corrected chi connectivity index (χ1v) is 12.3. The molecule has 3 N–H and O–H groups in total. The number of hydrazone groups is 1. The van der Waals surface area contributed by atoms with Crippen molar-refractivity contribution >= 4 is 28.5 Å². The fraction of sp³-hybridized carbons (Fsp3) is 0.333. The summed E-state index contributed by atoms with van der Waals surface area (Å²) in [5.74, 6) is 1.49. The smallest absolute Gasteiger partial charge is 0.234 e. The molecule has 2 aromatic rings.